The van der Waals surface area contributed by atoms with E-state index in [1.807, 2.05) is 0 Å². The monoisotopic (exact) mass is 478 g/mol. The van der Waals surface area contributed by atoms with Crippen molar-refractivity contribution in [1.82, 2.24) is 14.7 Å². The Kier molecular flexibility index (Phi) is 7.54. The summed E-state index contributed by atoms with van der Waals surface area (Å²) in [6.45, 7) is 2.55. The summed E-state index contributed by atoms with van der Waals surface area (Å²) in [6, 6.07) is 12.2. The lowest BCUT2D eigenvalue weighted by atomic mass is 10.0. The molecule has 1 fully saturated rings. The molecule has 0 radical (unpaired) electrons. The van der Waals surface area contributed by atoms with Crippen LogP contribution in [0.25, 0.3) is 5.69 Å². The zero-order valence-corrected chi connectivity index (χ0v) is 19.4. The first-order valence-corrected chi connectivity index (χ1v) is 11.6. The highest BCUT2D eigenvalue weighted by Gasteiger charge is 2.33. The first-order chi connectivity index (χ1) is 16.9. The highest BCUT2D eigenvalue weighted by molar-refractivity contribution is 5.97. The fourth-order valence-corrected chi connectivity index (χ4v) is 4.15. The number of likely N-dealkylation sites (tertiary alicyclic amines) is 1. The Bertz CT molecular complexity index is 1210. The molecule has 0 aliphatic carbocycles. The van der Waals surface area contributed by atoms with Gasteiger partial charge in [-0.2, -0.15) is 5.10 Å². The second-order valence-electron chi connectivity index (χ2n) is 8.34. The van der Waals surface area contributed by atoms with Crippen molar-refractivity contribution in [2.24, 2.45) is 0 Å². The van der Waals surface area contributed by atoms with Crippen LogP contribution < -0.4 is 5.32 Å². The van der Waals surface area contributed by atoms with Crippen LogP contribution in [0.3, 0.4) is 0 Å². The number of amides is 2. The molecule has 2 amide bonds. The van der Waals surface area contributed by atoms with Gasteiger partial charge < -0.3 is 15.0 Å². The predicted molar refractivity (Wildman–Crippen MR) is 128 cm³/mol. The minimum Gasteiger partial charge on any atom is -0.464 e. The van der Waals surface area contributed by atoms with E-state index in [1.165, 1.54) is 18.3 Å². The topological polar surface area (TPSA) is 93.5 Å². The number of carbonyl (C=O) groups excluding carboxylic acids is 3. The van der Waals surface area contributed by atoms with Gasteiger partial charge in [-0.25, -0.2) is 13.9 Å². The number of ether oxygens (including phenoxy) is 1. The van der Waals surface area contributed by atoms with Crippen LogP contribution >= 0.6 is 0 Å². The van der Waals surface area contributed by atoms with Crippen molar-refractivity contribution in [3.63, 3.8) is 0 Å². The molecular weight excluding hydrogens is 451 g/mol. The highest BCUT2D eigenvalue weighted by atomic mass is 19.1. The molecule has 0 unspecified atom stereocenters. The van der Waals surface area contributed by atoms with E-state index in [9.17, 15) is 18.8 Å². The number of hydrogen-bond donors (Lipinski definition) is 1. The van der Waals surface area contributed by atoms with Crippen molar-refractivity contribution in [2.45, 2.75) is 38.6 Å². The molecule has 1 aliphatic rings. The van der Waals surface area contributed by atoms with E-state index < -0.39 is 6.04 Å². The lowest BCUT2D eigenvalue weighted by Gasteiger charge is -2.34. The molecule has 3 aromatic rings. The van der Waals surface area contributed by atoms with Gasteiger partial charge in [-0.3, -0.25) is 9.59 Å². The third-order valence-corrected chi connectivity index (χ3v) is 5.82. The van der Waals surface area contributed by atoms with E-state index in [1.54, 1.807) is 59.1 Å². The molecular formula is C26H27FN4O4. The molecule has 4 rings (SSSR count). The van der Waals surface area contributed by atoms with Crippen molar-refractivity contribution in [2.75, 3.05) is 18.5 Å². The summed E-state index contributed by atoms with van der Waals surface area (Å²) < 4.78 is 20.0. The number of hydrogen-bond acceptors (Lipinski definition) is 5. The van der Waals surface area contributed by atoms with Crippen LogP contribution in [-0.4, -0.2) is 51.7 Å². The third-order valence-electron chi connectivity index (χ3n) is 5.82. The van der Waals surface area contributed by atoms with Gasteiger partial charge in [0.1, 0.15) is 11.9 Å². The molecule has 0 spiro atoms. The lowest BCUT2D eigenvalue weighted by molar-refractivity contribution is -0.149. The van der Waals surface area contributed by atoms with E-state index in [4.69, 9.17) is 4.74 Å². The Hall–Kier alpha value is -4.01. The Morgan fingerprint density at radius 2 is 1.94 bits per heavy atom. The zero-order chi connectivity index (χ0) is 24.8. The Balaban J connectivity index is 1.40. The summed E-state index contributed by atoms with van der Waals surface area (Å²) in [5, 5.41) is 7.02. The van der Waals surface area contributed by atoms with Crippen LogP contribution in [0.5, 0.6) is 0 Å². The number of nitrogens with one attached hydrogen (secondary N) is 1. The molecule has 1 N–H and O–H groups in total. The minimum absolute atomic E-state index is 0.0447. The van der Waals surface area contributed by atoms with Crippen LogP contribution in [-0.2, 0) is 20.7 Å². The minimum atomic E-state index is -0.555. The van der Waals surface area contributed by atoms with Crippen LogP contribution in [0.4, 0.5) is 10.1 Å². The second-order valence-corrected chi connectivity index (χ2v) is 8.34. The zero-order valence-electron chi connectivity index (χ0n) is 19.4. The average Bonchev–Trinajstić information content (AvgIpc) is 3.32. The van der Waals surface area contributed by atoms with Gasteiger partial charge in [-0.1, -0.05) is 12.1 Å². The largest absolute Gasteiger partial charge is 0.464 e. The van der Waals surface area contributed by atoms with Gasteiger partial charge in [-0.05, 0) is 68.1 Å². The summed E-state index contributed by atoms with van der Waals surface area (Å²) in [6.07, 6.45) is 5.54. The number of carbonyl (C=O) groups is 3. The molecule has 9 heteroatoms. The van der Waals surface area contributed by atoms with Crippen molar-refractivity contribution in [1.29, 1.82) is 0 Å². The average molecular weight is 479 g/mol. The first kappa shape index (κ1) is 24.1. The SMILES string of the molecule is CCOC(=O)[C@H]1CCCCN1C(=O)c1ccc(-n2cc(NC(=O)Cc3cccc(F)c3)cn2)cc1. The van der Waals surface area contributed by atoms with Crippen LogP contribution in [0.15, 0.2) is 60.9 Å². The number of nitrogens with zero attached hydrogens (tertiary/aromatic N) is 3. The maximum Gasteiger partial charge on any atom is 0.328 e. The number of anilines is 1. The fraction of sp³-hybridized carbons (Fsp3) is 0.308. The van der Waals surface area contributed by atoms with Gasteiger partial charge in [0, 0.05) is 12.1 Å². The van der Waals surface area contributed by atoms with E-state index in [0.29, 0.717) is 35.5 Å². The molecule has 2 heterocycles. The van der Waals surface area contributed by atoms with Gasteiger partial charge in [0.15, 0.2) is 0 Å². The number of benzene rings is 2. The molecule has 1 saturated heterocycles. The van der Waals surface area contributed by atoms with Crippen molar-refractivity contribution in [3.05, 3.63) is 77.9 Å². The normalized spacial score (nSPS) is 15.5. The van der Waals surface area contributed by atoms with Crippen molar-refractivity contribution < 1.29 is 23.5 Å². The van der Waals surface area contributed by atoms with Crippen molar-refractivity contribution >= 4 is 23.5 Å². The van der Waals surface area contributed by atoms with Crippen LogP contribution in [0, 0.1) is 5.82 Å². The van der Waals surface area contributed by atoms with Crippen molar-refractivity contribution in [3.8, 4) is 5.69 Å². The maximum absolute atomic E-state index is 13.3. The summed E-state index contributed by atoms with van der Waals surface area (Å²) in [5.41, 5.74) is 2.25. The Morgan fingerprint density at radius 1 is 1.14 bits per heavy atom. The van der Waals surface area contributed by atoms with E-state index in [0.717, 1.165) is 12.8 Å². The smallest absolute Gasteiger partial charge is 0.328 e. The van der Waals surface area contributed by atoms with Crippen LogP contribution in [0.1, 0.15) is 42.1 Å². The number of piperidine rings is 1. The maximum atomic E-state index is 13.3. The fourth-order valence-electron chi connectivity index (χ4n) is 4.15. The lowest BCUT2D eigenvalue weighted by Crippen LogP contribution is -2.48. The highest BCUT2D eigenvalue weighted by Crippen LogP contribution is 2.22. The molecule has 1 atom stereocenters. The molecule has 2 aromatic carbocycles. The molecule has 8 nitrogen and oxygen atoms in total. The van der Waals surface area contributed by atoms with E-state index >= 15 is 0 Å². The van der Waals surface area contributed by atoms with Crippen LogP contribution in [0.2, 0.25) is 0 Å². The molecule has 0 saturated carbocycles. The summed E-state index contributed by atoms with van der Waals surface area (Å²) in [5.74, 6) is -1.24. The van der Waals surface area contributed by atoms with Gasteiger partial charge in [-0.15, -0.1) is 0 Å². The second kappa shape index (κ2) is 10.9. The standard InChI is InChI=1S/C26H27FN4O4/c1-2-35-26(34)23-8-3-4-13-30(23)25(33)19-9-11-22(12-10-19)31-17-21(16-28-31)29-24(32)15-18-6-5-7-20(27)14-18/h5-7,9-12,14,16-17,23H,2-4,8,13,15H2,1H3,(H,29,32)/t23-/m1/s1. The van der Waals surface area contributed by atoms with Gasteiger partial charge in [0.05, 0.1) is 36.8 Å². The molecule has 35 heavy (non-hydrogen) atoms. The van der Waals surface area contributed by atoms with Gasteiger partial charge in [0.2, 0.25) is 5.91 Å². The Morgan fingerprint density at radius 3 is 2.69 bits per heavy atom. The Labute approximate surface area is 202 Å². The summed E-state index contributed by atoms with van der Waals surface area (Å²) in [4.78, 5) is 39.3. The number of halogens is 1. The number of esters is 1. The number of rotatable bonds is 7. The molecule has 1 aromatic heterocycles. The quantitative estimate of drug-likeness (QED) is 0.522. The van der Waals surface area contributed by atoms with Gasteiger partial charge in [0.25, 0.3) is 5.91 Å². The first-order valence-electron chi connectivity index (χ1n) is 11.6. The molecule has 0 bridgehead atoms. The van der Waals surface area contributed by atoms with E-state index in [-0.39, 0.29) is 36.6 Å². The number of aromatic nitrogens is 2. The molecule has 1 aliphatic heterocycles. The third kappa shape index (κ3) is 5.92. The van der Waals surface area contributed by atoms with E-state index in [2.05, 4.69) is 10.4 Å². The predicted octanol–water partition coefficient (Wildman–Crippen LogP) is 3.75. The summed E-state index contributed by atoms with van der Waals surface area (Å²) >= 11 is 0. The van der Waals surface area contributed by atoms with Gasteiger partial charge >= 0.3 is 5.97 Å². The molecule has 182 valence electrons. The summed E-state index contributed by atoms with van der Waals surface area (Å²) in [7, 11) is 0.